The van der Waals surface area contributed by atoms with Gasteiger partial charge in [0, 0.05) is 105 Å². The quantitative estimate of drug-likeness (QED) is 0.0505. The minimum atomic E-state index is -0.377. The first-order chi connectivity index (χ1) is 33.8. The lowest BCUT2D eigenvalue weighted by Crippen LogP contribution is -2.32. The van der Waals surface area contributed by atoms with Gasteiger partial charge in [0.2, 0.25) is 11.9 Å². The molecule has 1 amide bonds. The maximum atomic E-state index is 14.7. The van der Waals surface area contributed by atoms with Gasteiger partial charge in [0.05, 0.1) is 53.6 Å². The molecule has 16 heteroatoms. The highest BCUT2D eigenvalue weighted by atomic mass is 16.5. The molecular formula is C54H63N13O3. The maximum Gasteiger partial charge on any atom is 0.252 e. The molecule has 8 rings (SSSR count). The van der Waals surface area contributed by atoms with Crippen molar-refractivity contribution in [1.82, 2.24) is 39.0 Å². The van der Waals surface area contributed by atoms with E-state index in [9.17, 15) is 9.90 Å². The van der Waals surface area contributed by atoms with E-state index >= 15 is 0 Å². The molecule has 0 fully saturated rings. The molecule has 0 saturated heterocycles. The Morgan fingerprint density at radius 2 is 1.64 bits per heavy atom. The number of methoxy groups -OCH3 is 1. The number of ether oxygens (including phenoxy) is 1. The number of rotatable bonds is 21. The molecule has 0 radical (unpaired) electrons. The second kappa shape index (κ2) is 21.6. The van der Waals surface area contributed by atoms with Crippen LogP contribution in [0.5, 0.6) is 5.75 Å². The van der Waals surface area contributed by atoms with Gasteiger partial charge in [0.25, 0.3) is 5.91 Å². The van der Waals surface area contributed by atoms with E-state index in [0.717, 1.165) is 62.2 Å². The zero-order valence-corrected chi connectivity index (χ0v) is 41.3. The Labute approximate surface area is 409 Å². The SMILES string of the molecule is C=C(CN(Cc1ccc(-c2ccccn2)cc1)c1nc(N[C@H](CC)CO)nc2c1ccn2C(C)C)C(=O)Nc1cc(Nc2nccc(-c3cn(C)c4ccccc34)n2)c(OC)cc1N(C)CCN(C)C. The summed E-state index contributed by atoms with van der Waals surface area (Å²) in [5, 5.41) is 22.1. The number of likely N-dealkylation sites (N-methyl/N-ethyl adjacent to an activating group) is 2. The van der Waals surface area contributed by atoms with Gasteiger partial charge in [-0.3, -0.25) is 9.78 Å². The van der Waals surface area contributed by atoms with Crippen molar-refractivity contribution in [1.29, 1.82) is 0 Å². The minimum absolute atomic E-state index is 0.0822. The Morgan fingerprint density at radius 1 is 0.857 bits per heavy atom. The molecule has 0 aliphatic heterocycles. The van der Waals surface area contributed by atoms with Crippen molar-refractivity contribution in [2.75, 3.05) is 80.2 Å². The number of anilines is 6. The lowest BCUT2D eigenvalue weighted by molar-refractivity contribution is -0.112. The van der Waals surface area contributed by atoms with E-state index in [1.807, 2.05) is 95.9 Å². The number of amides is 1. The number of aliphatic hydroxyl groups is 1. The van der Waals surface area contributed by atoms with Crippen LogP contribution in [0, 0.1) is 0 Å². The third kappa shape index (κ3) is 10.9. The van der Waals surface area contributed by atoms with Gasteiger partial charge in [-0.2, -0.15) is 9.97 Å². The highest BCUT2D eigenvalue weighted by Crippen LogP contribution is 2.39. The molecule has 0 aliphatic carbocycles. The predicted octanol–water partition coefficient (Wildman–Crippen LogP) is 9.16. The topological polar surface area (TPSA) is 167 Å². The summed E-state index contributed by atoms with van der Waals surface area (Å²) in [4.78, 5) is 45.1. The summed E-state index contributed by atoms with van der Waals surface area (Å²) in [6.45, 7) is 12.5. The van der Waals surface area contributed by atoms with Gasteiger partial charge in [-0.1, -0.05) is 62.0 Å². The molecule has 16 nitrogen and oxygen atoms in total. The molecule has 3 aromatic carbocycles. The molecule has 0 bridgehead atoms. The van der Waals surface area contributed by atoms with E-state index in [2.05, 4.69) is 113 Å². The van der Waals surface area contributed by atoms with Crippen molar-refractivity contribution in [3.63, 3.8) is 0 Å². The number of carbonyl (C=O) groups excluding carboxylic acids is 1. The molecule has 0 spiro atoms. The largest absolute Gasteiger partial charge is 0.494 e. The molecule has 0 saturated carbocycles. The number of pyridine rings is 1. The predicted molar refractivity (Wildman–Crippen MR) is 283 cm³/mol. The molecular weight excluding hydrogens is 879 g/mol. The summed E-state index contributed by atoms with van der Waals surface area (Å²) in [6, 6.07) is 29.8. The van der Waals surface area contributed by atoms with Crippen LogP contribution in [0.4, 0.5) is 34.8 Å². The maximum absolute atomic E-state index is 14.7. The van der Waals surface area contributed by atoms with Crippen LogP contribution in [0.3, 0.4) is 0 Å². The van der Waals surface area contributed by atoms with Gasteiger partial charge in [-0.25, -0.2) is 9.97 Å². The van der Waals surface area contributed by atoms with Gasteiger partial charge < -0.3 is 49.6 Å². The lowest BCUT2D eigenvalue weighted by atomic mass is 10.1. The standard InChI is InChI=1S/C54H63N13O3/c1-10-39(34-68)57-54-61-50(41-23-26-67(35(2)3)51(41)62-54)66(32-37-18-20-38(21-19-37)43-16-13-14-24-55-43)31-36(4)52(69)58-45-29-46(49(70-9)30-48(45)64(7)28-27-63(5)6)60-53-56-25-22-44(59-53)42-33-65(8)47-17-12-11-15-40(42)47/h11-26,29-30,33,35,39,68H,4,10,27-28,31-32,34H2,1-3,5-9H3,(H,58,69)(H,56,59,60)(H,57,61,62)/t39-/m1/s1. The van der Waals surface area contributed by atoms with E-state index in [4.69, 9.17) is 19.7 Å². The van der Waals surface area contributed by atoms with Gasteiger partial charge in [0.15, 0.2) is 0 Å². The fourth-order valence-corrected chi connectivity index (χ4v) is 8.41. The van der Waals surface area contributed by atoms with E-state index < -0.39 is 0 Å². The average molecular weight is 942 g/mol. The van der Waals surface area contributed by atoms with Crippen molar-refractivity contribution < 1.29 is 14.6 Å². The van der Waals surface area contributed by atoms with Crippen LogP contribution in [0.2, 0.25) is 0 Å². The highest BCUT2D eigenvalue weighted by Gasteiger charge is 2.24. The number of fused-ring (bicyclic) bond motifs is 2. The lowest BCUT2D eigenvalue weighted by Gasteiger charge is -2.28. The second-order valence-electron chi connectivity index (χ2n) is 18.0. The van der Waals surface area contributed by atoms with Crippen LogP contribution in [0.15, 0.2) is 128 Å². The molecule has 5 heterocycles. The number of aryl methyl sites for hydroxylation is 1. The summed E-state index contributed by atoms with van der Waals surface area (Å²) < 4.78 is 10.2. The Balaban J connectivity index is 1.14. The monoisotopic (exact) mass is 942 g/mol. The first kappa shape index (κ1) is 48.6. The van der Waals surface area contributed by atoms with Crippen molar-refractivity contribution in [3.05, 3.63) is 133 Å². The first-order valence-electron chi connectivity index (χ1n) is 23.6. The molecule has 4 N–H and O–H groups in total. The summed E-state index contributed by atoms with van der Waals surface area (Å²) in [5.74, 6) is 1.53. The molecule has 0 unspecified atom stereocenters. The second-order valence-corrected chi connectivity index (χ2v) is 18.0. The minimum Gasteiger partial charge on any atom is -0.494 e. The number of aromatic nitrogens is 7. The third-order valence-electron chi connectivity index (χ3n) is 12.4. The summed E-state index contributed by atoms with van der Waals surface area (Å²) in [5.41, 5.74) is 8.58. The average Bonchev–Trinajstić information content (AvgIpc) is 3.96. The molecule has 5 aromatic heterocycles. The van der Waals surface area contributed by atoms with Crippen LogP contribution in [-0.4, -0.2) is 111 Å². The summed E-state index contributed by atoms with van der Waals surface area (Å²) in [7, 11) is 9.68. The van der Waals surface area contributed by atoms with E-state index in [0.29, 0.717) is 59.9 Å². The summed E-state index contributed by atoms with van der Waals surface area (Å²) >= 11 is 0. The number of carbonyl (C=O) groups is 1. The third-order valence-corrected chi connectivity index (χ3v) is 12.4. The Bertz CT molecular complexity index is 3090. The normalized spacial score (nSPS) is 11.9. The number of nitrogens with zero attached hydrogens (tertiary/aromatic N) is 10. The molecule has 1 atom stereocenters. The van der Waals surface area contributed by atoms with Crippen LogP contribution in [0.1, 0.15) is 38.8 Å². The van der Waals surface area contributed by atoms with E-state index in [-0.39, 0.29) is 31.1 Å². The van der Waals surface area contributed by atoms with Crippen LogP contribution < -0.4 is 30.5 Å². The highest BCUT2D eigenvalue weighted by molar-refractivity contribution is 6.06. The van der Waals surface area contributed by atoms with Crippen molar-refractivity contribution in [3.8, 4) is 28.3 Å². The number of aliphatic hydroxyl groups excluding tert-OH is 1. The first-order valence-corrected chi connectivity index (χ1v) is 23.6. The van der Waals surface area contributed by atoms with Gasteiger partial charge in [-0.15, -0.1) is 0 Å². The fourth-order valence-electron chi connectivity index (χ4n) is 8.41. The molecule has 362 valence electrons. The molecule has 70 heavy (non-hydrogen) atoms. The number of para-hydroxylation sites is 1. The zero-order valence-electron chi connectivity index (χ0n) is 41.3. The van der Waals surface area contributed by atoms with Crippen molar-refractivity contribution in [2.24, 2.45) is 7.05 Å². The van der Waals surface area contributed by atoms with E-state index in [1.165, 1.54) is 0 Å². The number of nitrogens with one attached hydrogen (secondary N) is 3. The van der Waals surface area contributed by atoms with E-state index in [1.54, 1.807) is 19.5 Å². The molecule has 0 aliphatic rings. The van der Waals surface area contributed by atoms with Crippen LogP contribution in [-0.2, 0) is 18.4 Å². The van der Waals surface area contributed by atoms with Crippen LogP contribution >= 0.6 is 0 Å². The smallest absolute Gasteiger partial charge is 0.252 e. The number of hydrogen-bond donors (Lipinski definition) is 4. The Morgan fingerprint density at radius 3 is 2.36 bits per heavy atom. The summed E-state index contributed by atoms with van der Waals surface area (Å²) in [6.07, 6.45) is 8.26. The number of hydrogen-bond acceptors (Lipinski definition) is 13. The fraction of sp³-hybridized carbons (Fsp3) is 0.296. The van der Waals surface area contributed by atoms with Gasteiger partial charge in [-0.05, 0) is 76.3 Å². The van der Waals surface area contributed by atoms with Crippen molar-refractivity contribution >= 4 is 62.6 Å². The van der Waals surface area contributed by atoms with Gasteiger partial charge >= 0.3 is 0 Å². The number of benzene rings is 3. The van der Waals surface area contributed by atoms with Crippen molar-refractivity contribution in [2.45, 2.75) is 45.8 Å². The Hall–Kier alpha value is -7.82. The zero-order chi connectivity index (χ0) is 49.5. The van der Waals surface area contributed by atoms with Crippen LogP contribution in [0.25, 0.3) is 44.5 Å². The molecule has 8 aromatic rings. The Kier molecular flexibility index (Phi) is 15.0. The van der Waals surface area contributed by atoms with Gasteiger partial charge in [0.1, 0.15) is 17.2 Å².